The highest BCUT2D eigenvalue weighted by Crippen LogP contribution is 2.33. The third-order valence-corrected chi connectivity index (χ3v) is 4.44. The third kappa shape index (κ3) is 3.61. The largest absolute Gasteiger partial charge is 0.506 e. The van der Waals surface area contributed by atoms with Crippen molar-refractivity contribution in [3.8, 4) is 0 Å². The number of imidazole rings is 1. The second kappa shape index (κ2) is 6.95. The van der Waals surface area contributed by atoms with E-state index in [0.717, 1.165) is 0 Å². The third-order valence-electron chi connectivity index (χ3n) is 3.53. The molecule has 1 aliphatic rings. The molecule has 2 aromatic heterocycles. The Bertz CT molecular complexity index is 1020. The molecule has 146 valence electrons. The summed E-state index contributed by atoms with van der Waals surface area (Å²) in [6, 6.07) is 0. The van der Waals surface area contributed by atoms with Gasteiger partial charge in [-0.25, -0.2) is 23.9 Å². The summed E-state index contributed by atoms with van der Waals surface area (Å²) in [6.45, 7) is -1.34. The molecule has 0 radical (unpaired) electrons. The molecule has 3 heterocycles. The Morgan fingerprint density at radius 2 is 2.15 bits per heavy atom. The minimum Gasteiger partial charge on any atom is -0.506 e. The molecule has 1 amide bonds. The molecule has 0 spiro atoms. The van der Waals surface area contributed by atoms with Gasteiger partial charge in [-0.1, -0.05) is 0 Å². The first-order valence-electron chi connectivity index (χ1n) is 7.33. The van der Waals surface area contributed by atoms with Gasteiger partial charge in [0, 0.05) is 0 Å². The van der Waals surface area contributed by atoms with Gasteiger partial charge in [0.15, 0.2) is 29.1 Å². The van der Waals surface area contributed by atoms with Gasteiger partial charge in [0.1, 0.15) is 24.8 Å². The molecule has 2 atom stereocenters. The van der Waals surface area contributed by atoms with E-state index in [9.17, 15) is 23.4 Å². The standard InChI is InChI=1S/C12H15N7O7S/c13-1-6(20)18-27(23,24)25-2-5-8(21)9(22)12(26-5)19-4-17-7-10(14)15-3-16-11(7)19/h3-4,9,12,21-22H,1-2,13H2,(H,18,20)(H2,14,15,16)/t9-,12-/m1/s1. The number of nitrogens with zero attached hydrogens (tertiary/aromatic N) is 4. The fourth-order valence-corrected chi connectivity index (χ4v) is 2.97. The highest BCUT2D eigenvalue weighted by molar-refractivity contribution is 7.85. The van der Waals surface area contributed by atoms with Gasteiger partial charge < -0.3 is 26.4 Å². The Hall–Kier alpha value is -3.01. The summed E-state index contributed by atoms with van der Waals surface area (Å²) < 4.78 is 35.9. The topological polar surface area (TPSA) is 218 Å². The maximum absolute atomic E-state index is 11.6. The monoisotopic (exact) mass is 401 g/mol. The predicted octanol–water partition coefficient (Wildman–Crippen LogP) is -2.60. The van der Waals surface area contributed by atoms with E-state index in [0.29, 0.717) is 0 Å². The molecule has 14 nitrogen and oxygen atoms in total. The van der Waals surface area contributed by atoms with Gasteiger partial charge in [0.2, 0.25) is 12.1 Å². The van der Waals surface area contributed by atoms with Crippen molar-refractivity contribution in [2.75, 3.05) is 18.9 Å². The Kier molecular flexibility index (Phi) is 4.83. The number of nitrogens with one attached hydrogen (secondary N) is 1. The van der Waals surface area contributed by atoms with Crippen molar-refractivity contribution >= 4 is 33.2 Å². The maximum Gasteiger partial charge on any atom is 0.362 e. The van der Waals surface area contributed by atoms with E-state index in [1.54, 1.807) is 4.72 Å². The summed E-state index contributed by atoms with van der Waals surface area (Å²) in [7, 11) is -4.48. The van der Waals surface area contributed by atoms with Crippen molar-refractivity contribution in [2.45, 2.75) is 12.3 Å². The summed E-state index contributed by atoms with van der Waals surface area (Å²) >= 11 is 0. The van der Waals surface area contributed by atoms with Crippen LogP contribution in [0.3, 0.4) is 0 Å². The summed E-state index contributed by atoms with van der Waals surface area (Å²) in [5.74, 6) is -1.89. The highest BCUT2D eigenvalue weighted by atomic mass is 32.2. The van der Waals surface area contributed by atoms with Crippen LogP contribution in [-0.4, -0.2) is 63.3 Å². The lowest BCUT2D eigenvalue weighted by atomic mass is 10.2. The van der Waals surface area contributed by atoms with Crippen LogP contribution in [-0.2, 0) is 24.0 Å². The van der Waals surface area contributed by atoms with E-state index in [2.05, 4.69) is 19.1 Å². The van der Waals surface area contributed by atoms with E-state index in [1.165, 1.54) is 17.2 Å². The number of ether oxygens (including phenoxy) is 1. The van der Waals surface area contributed by atoms with E-state index < -0.39 is 47.5 Å². The normalized spacial score (nSPS) is 20.1. The average molecular weight is 401 g/mol. The predicted molar refractivity (Wildman–Crippen MR) is 87.6 cm³/mol. The molecular weight excluding hydrogens is 386 g/mol. The molecule has 3 rings (SSSR count). The summed E-state index contributed by atoms with van der Waals surface area (Å²) in [4.78, 5) is 22.8. The first kappa shape index (κ1) is 18.8. The van der Waals surface area contributed by atoms with Gasteiger partial charge in [0.05, 0.1) is 6.54 Å². The molecule has 0 saturated heterocycles. The van der Waals surface area contributed by atoms with Crippen LogP contribution >= 0.6 is 0 Å². The molecule has 0 bridgehead atoms. The number of hydrogen-bond donors (Lipinski definition) is 5. The Morgan fingerprint density at radius 3 is 2.85 bits per heavy atom. The van der Waals surface area contributed by atoms with E-state index >= 15 is 0 Å². The lowest BCUT2D eigenvalue weighted by Gasteiger charge is -2.17. The number of hydrogen-bond acceptors (Lipinski definition) is 12. The first-order valence-corrected chi connectivity index (χ1v) is 8.74. The van der Waals surface area contributed by atoms with E-state index in [1.807, 2.05) is 0 Å². The number of aliphatic hydroxyl groups excluding tert-OH is 2. The number of aliphatic hydroxyl groups is 2. The quantitative estimate of drug-likeness (QED) is 0.336. The van der Waals surface area contributed by atoms with Crippen molar-refractivity contribution in [3.05, 3.63) is 24.2 Å². The summed E-state index contributed by atoms with van der Waals surface area (Å²) in [5, 5.41) is 20.2. The van der Waals surface area contributed by atoms with Gasteiger partial charge in [-0.3, -0.25) is 9.36 Å². The molecule has 7 N–H and O–H groups in total. The van der Waals surface area contributed by atoms with E-state index in [4.69, 9.17) is 16.2 Å². The SMILES string of the molecule is NCC(=O)NS(=O)(=O)OCC1=C(O)[C@@H](O)[C@H](n2cnc3c(N)ncnc32)O1. The van der Waals surface area contributed by atoms with Gasteiger partial charge in [-0.2, -0.15) is 8.42 Å². The molecule has 0 saturated carbocycles. The Balaban J connectivity index is 1.76. The molecular formula is C12H15N7O7S. The van der Waals surface area contributed by atoms with Crippen LogP contribution in [0.5, 0.6) is 0 Å². The van der Waals surface area contributed by atoms with Crippen molar-refractivity contribution in [3.63, 3.8) is 0 Å². The van der Waals surface area contributed by atoms with Crippen LogP contribution in [0.4, 0.5) is 5.82 Å². The van der Waals surface area contributed by atoms with Crippen LogP contribution in [0.2, 0.25) is 0 Å². The molecule has 27 heavy (non-hydrogen) atoms. The number of fused-ring (bicyclic) bond motifs is 1. The summed E-state index contributed by atoms with van der Waals surface area (Å²) in [5.41, 5.74) is 11.2. The minimum absolute atomic E-state index is 0.105. The number of amides is 1. The molecule has 0 aromatic carbocycles. The van der Waals surface area contributed by atoms with Crippen molar-refractivity contribution < 1.29 is 32.3 Å². The first-order chi connectivity index (χ1) is 12.7. The van der Waals surface area contributed by atoms with Crippen molar-refractivity contribution in [1.82, 2.24) is 24.2 Å². The minimum atomic E-state index is -4.48. The van der Waals surface area contributed by atoms with Crippen LogP contribution in [0.25, 0.3) is 11.2 Å². The number of anilines is 1. The van der Waals surface area contributed by atoms with Crippen LogP contribution < -0.4 is 16.2 Å². The van der Waals surface area contributed by atoms with Gasteiger partial charge in [-0.05, 0) is 0 Å². The van der Waals surface area contributed by atoms with E-state index in [-0.39, 0.29) is 22.7 Å². The molecule has 0 unspecified atom stereocenters. The second-order valence-electron chi connectivity index (χ2n) is 5.29. The molecule has 2 aromatic rings. The van der Waals surface area contributed by atoms with Crippen LogP contribution in [0.15, 0.2) is 24.2 Å². The number of nitrogens with two attached hydrogens (primary N) is 2. The zero-order chi connectivity index (χ0) is 19.8. The zero-order valence-corrected chi connectivity index (χ0v) is 14.3. The fourth-order valence-electron chi connectivity index (χ4n) is 2.29. The second-order valence-corrected chi connectivity index (χ2v) is 6.64. The lowest BCUT2D eigenvalue weighted by molar-refractivity contribution is -0.118. The van der Waals surface area contributed by atoms with Crippen molar-refractivity contribution in [1.29, 1.82) is 0 Å². The molecule has 0 fully saturated rings. The van der Waals surface area contributed by atoms with Gasteiger partial charge in [0.25, 0.3) is 0 Å². The van der Waals surface area contributed by atoms with Gasteiger partial charge in [-0.15, -0.1) is 0 Å². The number of rotatable bonds is 6. The Morgan fingerprint density at radius 1 is 1.41 bits per heavy atom. The molecule has 0 aliphatic carbocycles. The summed E-state index contributed by atoms with van der Waals surface area (Å²) in [6.07, 6.45) is -0.317. The molecule has 15 heteroatoms. The fraction of sp³-hybridized carbons (Fsp3) is 0.333. The lowest BCUT2D eigenvalue weighted by Crippen LogP contribution is -2.36. The number of carbonyl (C=O) groups excluding carboxylic acids is 1. The smallest absolute Gasteiger partial charge is 0.362 e. The maximum atomic E-state index is 11.6. The Labute approximate surface area is 151 Å². The number of nitrogen functional groups attached to an aromatic ring is 1. The van der Waals surface area contributed by atoms with Crippen LogP contribution in [0, 0.1) is 0 Å². The molecule has 1 aliphatic heterocycles. The zero-order valence-electron chi connectivity index (χ0n) is 13.5. The highest BCUT2D eigenvalue weighted by Gasteiger charge is 2.38. The van der Waals surface area contributed by atoms with Gasteiger partial charge >= 0.3 is 10.3 Å². The average Bonchev–Trinajstić information content (AvgIpc) is 3.16. The number of carbonyl (C=O) groups is 1. The van der Waals surface area contributed by atoms with Crippen molar-refractivity contribution in [2.24, 2.45) is 5.73 Å². The number of aromatic nitrogens is 4. The van der Waals surface area contributed by atoms with Crippen LogP contribution in [0.1, 0.15) is 6.23 Å².